The highest BCUT2D eigenvalue weighted by atomic mass is 16.8. The first-order chi connectivity index (χ1) is 13.9. The molecule has 0 saturated carbocycles. The Morgan fingerprint density at radius 2 is 1.34 bits per heavy atom. The highest BCUT2D eigenvalue weighted by molar-refractivity contribution is 5.69. The van der Waals surface area contributed by atoms with E-state index in [-0.39, 0.29) is 6.42 Å². The molecule has 1 saturated heterocycles. The van der Waals surface area contributed by atoms with Crippen molar-refractivity contribution in [2.24, 2.45) is 0 Å². The van der Waals surface area contributed by atoms with Gasteiger partial charge in [0.05, 0.1) is 6.61 Å². The second-order valence-electron chi connectivity index (χ2n) is 8.01. The largest absolute Gasteiger partial charge is 0.406 e. The zero-order valence-corrected chi connectivity index (χ0v) is 17.7. The van der Waals surface area contributed by atoms with Crippen molar-refractivity contribution >= 4 is 5.97 Å². The second kappa shape index (κ2) is 14.3. The Balaban J connectivity index is 2.13. The van der Waals surface area contributed by atoms with Crippen molar-refractivity contribution in [3.8, 4) is 0 Å². The van der Waals surface area contributed by atoms with Gasteiger partial charge in [-0.25, -0.2) is 0 Å². The molecule has 0 aromatic carbocycles. The highest BCUT2D eigenvalue weighted by Gasteiger charge is 2.55. The van der Waals surface area contributed by atoms with Gasteiger partial charge in [0.15, 0.2) is 6.10 Å². The summed E-state index contributed by atoms with van der Waals surface area (Å²) >= 11 is 0. The molecule has 0 amide bonds. The molecule has 0 aliphatic carbocycles. The summed E-state index contributed by atoms with van der Waals surface area (Å²) < 4.78 is 9.71. The van der Waals surface area contributed by atoms with Gasteiger partial charge in [-0.15, -0.1) is 0 Å². The van der Waals surface area contributed by atoms with Crippen LogP contribution in [0, 0.1) is 0 Å². The van der Waals surface area contributed by atoms with Crippen LogP contribution >= 0.6 is 0 Å². The van der Waals surface area contributed by atoms with Crippen LogP contribution in [0.5, 0.6) is 0 Å². The number of aliphatic hydroxyl groups excluding tert-OH is 4. The molecular formula is C21H40O8. The number of esters is 1. The topological polar surface area (TPSA) is 137 Å². The number of unbranched alkanes of at least 4 members (excludes halogenated alkanes) is 11. The fourth-order valence-corrected chi connectivity index (χ4v) is 3.53. The summed E-state index contributed by atoms with van der Waals surface area (Å²) in [6.45, 7) is 1.50. The van der Waals surface area contributed by atoms with Gasteiger partial charge in [-0.05, 0) is 6.42 Å². The van der Waals surface area contributed by atoms with Gasteiger partial charge in [0.2, 0.25) is 0 Å². The second-order valence-corrected chi connectivity index (χ2v) is 8.01. The fraction of sp³-hybridized carbons (Fsp3) is 0.952. The normalized spacial score (nSPS) is 29.7. The van der Waals surface area contributed by atoms with E-state index < -0.39 is 43.0 Å². The van der Waals surface area contributed by atoms with Crippen LogP contribution in [0.4, 0.5) is 0 Å². The van der Waals surface area contributed by atoms with Crippen LogP contribution in [0.25, 0.3) is 0 Å². The zero-order chi connectivity index (χ0) is 21.7. The lowest BCUT2D eigenvalue weighted by Crippen LogP contribution is -2.66. The van der Waals surface area contributed by atoms with E-state index in [4.69, 9.17) is 14.6 Å². The minimum atomic E-state index is -2.79. The quantitative estimate of drug-likeness (QED) is 0.153. The highest BCUT2D eigenvalue weighted by Crippen LogP contribution is 2.29. The van der Waals surface area contributed by atoms with Crippen LogP contribution in [0.3, 0.4) is 0 Å². The van der Waals surface area contributed by atoms with Gasteiger partial charge < -0.3 is 35.0 Å². The molecule has 0 radical (unpaired) electrons. The Morgan fingerprint density at radius 1 is 0.862 bits per heavy atom. The average molecular weight is 421 g/mol. The summed E-state index contributed by atoms with van der Waals surface area (Å²) in [5.74, 6) is -3.57. The molecule has 1 aliphatic heterocycles. The van der Waals surface area contributed by atoms with E-state index in [1.54, 1.807) is 0 Å². The molecule has 1 aliphatic rings. The first kappa shape index (κ1) is 26.3. The third-order valence-electron chi connectivity index (χ3n) is 5.42. The smallest absolute Gasteiger partial charge is 0.357 e. The number of carbonyl (C=O) groups is 1. The van der Waals surface area contributed by atoms with Gasteiger partial charge in [0, 0.05) is 6.42 Å². The maximum Gasteiger partial charge on any atom is 0.357 e. The van der Waals surface area contributed by atoms with Crippen molar-refractivity contribution in [1.29, 1.82) is 0 Å². The maximum absolute atomic E-state index is 11.9. The number of carbonyl (C=O) groups excluding carboxylic acids is 1. The summed E-state index contributed by atoms with van der Waals surface area (Å²) in [4.78, 5) is 11.9. The van der Waals surface area contributed by atoms with E-state index in [2.05, 4.69) is 6.92 Å². The Bertz CT molecular complexity index is 444. The number of hydrogen-bond acceptors (Lipinski definition) is 8. The molecule has 29 heavy (non-hydrogen) atoms. The zero-order valence-electron chi connectivity index (χ0n) is 17.7. The first-order valence-electron chi connectivity index (χ1n) is 11.1. The van der Waals surface area contributed by atoms with Crippen molar-refractivity contribution < 1.29 is 39.8 Å². The maximum atomic E-state index is 11.9. The summed E-state index contributed by atoms with van der Waals surface area (Å²) in [7, 11) is 0. The predicted octanol–water partition coefficient (Wildman–Crippen LogP) is 1.74. The number of aliphatic hydroxyl groups is 5. The molecule has 1 rings (SSSR count). The van der Waals surface area contributed by atoms with Crippen LogP contribution in [-0.2, 0) is 14.3 Å². The third kappa shape index (κ3) is 9.27. The average Bonchev–Trinajstić information content (AvgIpc) is 2.70. The first-order valence-corrected chi connectivity index (χ1v) is 11.1. The van der Waals surface area contributed by atoms with Crippen molar-refractivity contribution in [2.45, 2.75) is 121 Å². The lowest BCUT2D eigenvalue weighted by Gasteiger charge is -2.43. The molecule has 0 spiro atoms. The van der Waals surface area contributed by atoms with Gasteiger partial charge >= 0.3 is 11.9 Å². The Kier molecular flexibility index (Phi) is 12.9. The van der Waals surface area contributed by atoms with Gasteiger partial charge in [-0.2, -0.15) is 0 Å². The lowest BCUT2D eigenvalue weighted by molar-refractivity contribution is -0.434. The van der Waals surface area contributed by atoms with E-state index >= 15 is 0 Å². The van der Waals surface area contributed by atoms with Crippen molar-refractivity contribution in [3.63, 3.8) is 0 Å². The van der Waals surface area contributed by atoms with Gasteiger partial charge in [-0.3, -0.25) is 4.79 Å². The molecule has 0 aromatic rings. The molecule has 8 heteroatoms. The molecule has 0 aromatic heterocycles. The Labute approximate surface area is 173 Å². The monoisotopic (exact) mass is 420 g/mol. The molecule has 5 N–H and O–H groups in total. The van der Waals surface area contributed by atoms with E-state index in [0.29, 0.717) is 6.42 Å². The van der Waals surface area contributed by atoms with Crippen molar-refractivity contribution in [2.75, 3.05) is 6.61 Å². The molecular weight excluding hydrogens is 380 g/mol. The number of rotatable bonds is 15. The Hall–Kier alpha value is -0.770. The third-order valence-corrected chi connectivity index (χ3v) is 5.42. The number of hydrogen-bond donors (Lipinski definition) is 5. The summed E-state index contributed by atoms with van der Waals surface area (Å²) in [5.41, 5.74) is 0. The summed E-state index contributed by atoms with van der Waals surface area (Å²) in [6, 6.07) is 0. The van der Waals surface area contributed by atoms with E-state index in [1.807, 2.05) is 0 Å². The molecule has 1 fully saturated rings. The van der Waals surface area contributed by atoms with E-state index in [9.17, 15) is 25.2 Å². The fourth-order valence-electron chi connectivity index (χ4n) is 3.53. The van der Waals surface area contributed by atoms with Crippen LogP contribution in [0.2, 0.25) is 0 Å². The molecule has 5 atom stereocenters. The summed E-state index contributed by atoms with van der Waals surface area (Å²) in [5, 5.41) is 48.6. The molecule has 8 nitrogen and oxygen atoms in total. The predicted molar refractivity (Wildman–Crippen MR) is 107 cm³/mol. The molecule has 172 valence electrons. The minimum Gasteiger partial charge on any atom is -0.406 e. The summed E-state index contributed by atoms with van der Waals surface area (Å²) in [6.07, 6.45) is 7.09. The minimum absolute atomic E-state index is 0.0399. The standard InChI is InChI=1S/C21H40O8/c1-2-3-4-5-6-7-8-9-10-11-12-13-14-17(23)29-21(27)20(26)19(25)18(24)16(15-22)28-21/h16,18-20,22,24-27H,2-15H2,1H3/t16-,18-,19+,20-,21?/m1/s1. The van der Waals surface area contributed by atoms with Crippen molar-refractivity contribution in [3.05, 3.63) is 0 Å². The Morgan fingerprint density at radius 3 is 1.83 bits per heavy atom. The molecule has 0 bridgehead atoms. The van der Waals surface area contributed by atoms with Crippen LogP contribution in [0.15, 0.2) is 0 Å². The SMILES string of the molecule is CCCCCCCCCCCCCCC(=O)OC1(O)O[C@H](CO)[C@@H](O)[C@H](O)[C@H]1O. The van der Waals surface area contributed by atoms with Crippen LogP contribution in [0.1, 0.15) is 90.4 Å². The van der Waals surface area contributed by atoms with Gasteiger partial charge in [0.25, 0.3) is 0 Å². The lowest BCUT2D eigenvalue weighted by atomic mass is 9.98. The van der Waals surface area contributed by atoms with E-state index in [0.717, 1.165) is 19.3 Å². The molecule has 1 heterocycles. The van der Waals surface area contributed by atoms with Crippen LogP contribution < -0.4 is 0 Å². The molecule has 1 unspecified atom stereocenters. The van der Waals surface area contributed by atoms with Crippen molar-refractivity contribution in [1.82, 2.24) is 0 Å². The van der Waals surface area contributed by atoms with E-state index in [1.165, 1.54) is 51.4 Å². The van der Waals surface area contributed by atoms with Crippen LogP contribution in [-0.4, -0.2) is 68.5 Å². The van der Waals surface area contributed by atoms with Gasteiger partial charge in [-0.1, -0.05) is 77.6 Å². The number of ether oxygens (including phenoxy) is 2. The van der Waals surface area contributed by atoms with Gasteiger partial charge in [0.1, 0.15) is 18.3 Å².